The fourth-order valence-corrected chi connectivity index (χ4v) is 6.57. The monoisotopic (exact) mass is 608 g/mol. The number of thiazole rings is 1. The third-order valence-electron chi connectivity index (χ3n) is 8.13. The maximum absolute atomic E-state index is 13.8. The number of aromatic nitrogens is 3. The van der Waals surface area contributed by atoms with Crippen molar-refractivity contribution in [2.45, 2.75) is 39.7 Å². The number of hydrogen-bond acceptors (Lipinski definition) is 7. The summed E-state index contributed by atoms with van der Waals surface area (Å²) < 4.78 is 1.78. The first kappa shape index (κ1) is 29.2. The molecule has 44 heavy (non-hydrogen) atoms. The second-order valence-electron chi connectivity index (χ2n) is 11.1. The average molecular weight is 609 g/mol. The number of nitro benzene ring substituents is 1. The van der Waals surface area contributed by atoms with Crippen molar-refractivity contribution < 1.29 is 14.5 Å². The van der Waals surface area contributed by atoms with Gasteiger partial charge in [-0.05, 0) is 43.2 Å². The van der Waals surface area contributed by atoms with Gasteiger partial charge in [-0.25, -0.2) is 9.67 Å². The largest absolute Gasteiger partial charge is 0.335 e. The number of carbonyl (C=O) groups excluding carboxylic acids is 2. The van der Waals surface area contributed by atoms with Crippen LogP contribution in [-0.2, 0) is 6.42 Å². The van der Waals surface area contributed by atoms with Crippen LogP contribution in [0.15, 0.2) is 72.2 Å². The van der Waals surface area contributed by atoms with Gasteiger partial charge in [0.25, 0.3) is 17.5 Å². The van der Waals surface area contributed by atoms with Crippen LogP contribution in [-0.4, -0.2) is 67.0 Å². The van der Waals surface area contributed by atoms with Crippen LogP contribution in [0.4, 0.5) is 5.69 Å². The van der Waals surface area contributed by atoms with E-state index >= 15 is 0 Å². The van der Waals surface area contributed by atoms with Crippen molar-refractivity contribution in [3.8, 4) is 16.4 Å². The number of nitro groups is 1. The quantitative estimate of drug-likeness (QED) is 0.158. The summed E-state index contributed by atoms with van der Waals surface area (Å²) in [6.45, 7) is 6.62. The molecule has 1 aliphatic heterocycles. The van der Waals surface area contributed by atoms with E-state index < -0.39 is 4.92 Å². The number of benzene rings is 3. The first-order valence-electron chi connectivity index (χ1n) is 14.6. The normalized spacial score (nSPS) is 15.1. The van der Waals surface area contributed by atoms with E-state index in [1.54, 1.807) is 39.7 Å². The fraction of sp³-hybridized carbons (Fsp3) is 0.273. The number of fused-ring (bicyclic) bond motifs is 1. The summed E-state index contributed by atoms with van der Waals surface area (Å²) in [5.74, 6) is -0.408. The molecule has 2 aromatic heterocycles. The molecule has 0 bridgehead atoms. The van der Waals surface area contributed by atoms with E-state index in [2.05, 4.69) is 42.4 Å². The minimum Gasteiger partial charge on any atom is -0.335 e. The van der Waals surface area contributed by atoms with Crippen molar-refractivity contribution >= 4 is 39.6 Å². The molecule has 0 saturated carbocycles. The molecule has 6 rings (SSSR count). The van der Waals surface area contributed by atoms with Crippen molar-refractivity contribution in [2.24, 2.45) is 0 Å². The maximum Gasteiger partial charge on any atom is 0.273 e. The zero-order chi connectivity index (χ0) is 31.0. The van der Waals surface area contributed by atoms with E-state index in [9.17, 15) is 19.7 Å². The van der Waals surface area contributed by atoms with Crippen LogP contribution in [0.1, 0.15) is 52.2 Å². The van der Waals surface area contributed by atoms with Crippen molar-refractivity contribution in [3.05, 3.63) is 105 Å². The molecule has 0 radical (unpaired) electrons. The minimum atomic E-state index is -0.476. The van der Waals surface area contributed by atoms with Gasteiger partial charge < -0.3 is 9.80 Å². The third kappa shape index (κ3) is 5.46. The van der Waals surface area contributed by atoms with Gasteiger partial charge >= 0.3 is 0 Å². The van der Waals surface area contributed by atoms with E-state index in [0.29, 0.717) is 42.3 Å². The molecule has 0 aliphatic carbocycles. The van der Waals surface area contributed by atoms with Crippen LogP contribution in [0.2, 0.25) is 0 Å². The lowest BCUT2D eigenvalue weighted by molar-refractivity contribution is -0.385. The second-order valence-corrected chi connectivity index (χ2v) is 11.9. The molecule has 11 heteroatoms. The van der Waals surface area contributed by atoms with Crippen molar-refractivity contribution in [1.29, 1.82) is 0 Å². The van der Waals surface area contributed by atoms with Crippen LogP contribution in [0.25, 0.3) is 27.2 Å². The Kier molecular flexibility index (Phi) is 7.96. The topological polar surface area (TPSA) is 114 Å². The molecule has 0 spiro atoms. The van der Waals surface area contributed by atoms with E-state index in [4.69, 9.17) is 4.98 Å². The molecule has 5 aromatic rings. The van der Waals surface area contributed by atoms with Crippen LogP contribution >= 0.6 is 11.3 Å². The smallest absolute Gasteiger partial charge is 0.273 e. The van der Waals surface area contributed by atoms with Gasteiger partial charge in [0.2, 0.25) is 5.13 Å². The SMILES string of the molecule is CCCc1c(C(=O)N2CCN(C(=O)c3ccc(C)c([N+](=O)[O-])c3)C(C)C2)cnn1-c1nc(-c2ccc3ccccc3c2)cs1. The minimum absolute atomic E-state index is 0.0811. The summed E-state index contributed by atoms with van der Waals surface area (Å²) in [5, 5.41) is 21.0. The lowest BCUT2D eigenvalue weighted by Gasteiger charge is -2.40. The van der Waals surface area contributed by atoms with Crippen molar-refractivity contribution in [3.63, 3.8) is 0 Å². The number of rotatable bonds is 7. The van der Waals surface area contributed by atoms with E-state index in [0.717, 1.165) is 28.8 Å². The number of piperazine rings is 1. The molecule has 1 aliphatic rings. The van der Waals surface area contributed by atoms with Gasteiger partial charge in [0.1, 0.15) is 0 Å². The molecule has 3 heterocycles. The highest BCUT2D eigenvalue weighted by atomic mass is 32.1. The predicted octanol–water partition coefficient (Wildman–Crippen LogP) is 6.30. The Balaban J connectivity index is 1.20. The summed E-state index contributed by atoms with van der Waals surface area (Å²) in [5.41, 5.74) is 3.92. The number of aryl methyl sites for hydroxylation is 1. The summed E-state index contributed by atoms with van der Waals surface area (Å²) >= 11 is 1.49. The van der Waals surface area contributed by atoms with Crippen molar-refractivity contribution in [2.75, 3.05) is 19.6 Å². The Bertz CT molecular complexity index is 1900. The fourth-order valence-electron chi connectivity index (χ4n) is 5.76. The molecule has 1 fully saturated rings. The molecule has 1 atom stereocenters. The lowest BCUT2D eigenvalue weighted by Crippen LogP contribution is -2.55. The summed E-state index contributed by atoms with van der Waals surface area (Å²) in [6, 6.07) is 18.8. The highest BCUT2D eigenvalue weighted by Crippen LogP contribution is 2.29. The van der Waals surface area contributed by atoms with E-state index in [1.807, 2.05) is 24.4 Å². The Morgan fingerprint density at radius 1 is 1.05 bits per heavy atom. The molecule has 224 valence electrons. The van der Waals surface area contributed by atoms with Gasteiger partial charge in [-0.3, -0.25) is 19.7 Å². The highest BCUT2D eigenvalue weighted by Gasteiger charge is 2.33. The summed E-state index contributed by atoms with van der Waals surface area (Å²) in [6.07, 6.45) is 3.11. The number of nitrogens with zero attached hydrogens (tertiary/aromatic N) is 6. The molecule has 0 N–H and O–H groups in total. The van der Waals surface area contributed by atoms with Gasteiger partial charge in [0.05, 0.1) is 28.1 Å². The average Bonchev–Trinajstić information content (AvgIpc) is 3.68. The lowest BCUT2D eigenvalue weighted by atomic mass is 10.1. The molecule has 3 aromatic carbocycles. The van der Waals surface area contributed by atoms with Gasteiger partial charge in [0.15, 0.2) is 0 Å². The molecular weight excluding hydrogens is 576 g/mol. The molecule has 1 saturated heterocycles. The molecular formula is C33H32N6O4S. The number of carbonyl (C=O) groups is 2. The third-order valence-corrected chi connectivity index (χ3v) is 8.95. The Hall–Kier alpha value is -4.90. The van der Waals surface area contributed by atoms with Crippen molar-refractivity contribution in [1.82, 2.24) is 24.6 Å². The Labute approximate surface area is 258 Å². The number of amides is 2. The summed E-state index contributed by atoms with van der Waals surface area (Å²) in [4.78, 5) is 46.3. The zero-order valence-electron chi connectivity index (χ0n) is 24.8. The van der Waals surface area contributed by atoms with E-state index in [-0.39, 0.29) is 29.1 Å². The molecule has 1 unspecified atom stereocenters. The van der Waals surface area contributed by atoms with Crippen LogP contribution in [0.5, 0.6) is 0 Å². The maximum atomic E-state index is 13.8. The van der Waals surface area contributed by atoms with Gasteiger partial charge in [-0.15, -0.1) is 11.3 Å². The predicted molar refractivity (Wildman–Crippen MR) is 170 cm³/mol. The standard InChI is InChI=1S/C33H32N6O4S/c1-4-7-29-27(18-34-38(29)33-35-28(20-44-33)25-13-12-23-8-5-6-9-24(23)16-25)32(41)36-14-15-37(22(3)19-36)31(40)26-11-10-21(2)30(17-26)39(42)43/h5-6,8-13,16-18,20,22H,4,7,14-15,19H2,1-3H3. The van der Waals surface area contributed by atoms with Gasteiger partial charge in [-0.2, -0.15) is 5.10 Å². The molecule has 10 nitrogen and oxygen atoms in total. The van der Waals surface area contributed by atoms with Crippen LogP contribution < -0.4 is 0 Å². The second kappa shape index (κ2) is 12.0. The Morgan fingerprint density at radius 3 is 2.59 bits per heavy atom. The molecule has 2 amide bonds. The highest BCUT2D eigenvalue weighted by molar-refractivity contribution is 7.12. The van der Waals surface area contributed by atoms with Crippen LogP contribution in [0.3, 0.4) is 0 Å². The first-order valence-corrected chi connectivity index (χ1v) is 15.5. The van der Waals surface area contributed by atoms with Crippen LogP contribution in [0, 0.1) is 17.0 Å². The van der Waals surface area contributed by atoms with E-state index in [1.165, 1.54) is 22.8 Å². The van der Waals surface area contributed by atoms with Gasteiger partial charge in [0, 0.05) is 53.8 Å². The van der Waals surface area contributed by atoms with Gasteiger partial charge in [-0.1, -0.05) is 55.8 Å². The zero-order valence-corrected chi connectivity index (χ0v) is 25.6. The summed E-state index contributed by atoms with van der Waals surface area (Å²) in [7, 11) is 0. The Morgan fingerprint density at radius 2 is 1.84 bits per heavy atom. The first-order chi connectivity index (χ1) is 21.2. The number of hydrogen-bond donors (Lipinski definition) is 0.